The highest BCUT2D eigenvalue weighted by Gasteiger charge is 2.21. The number of fused-ring (bicyclic) bond motifs is 1. The van der Waals surface area contributed by atoms with Crippen molar-refractivity contribution < 1.29 is 4.79 Å². The van der Waals surface area contributed by atoms with Crippen LogP contribution < -0.4 is 10.6 Å². The van der Waals surface area contributed by atoms with E-state index in [1.54, 1.807) is 11.8 Å². The molecule has 2 aliphatic rings. The monoisotopic (exact) mass is 230 g/mol. The number of allylic oxidation sites excluding steroid dienone is 1. The quantitative estimate of drug-likeness (QED) is 0.714. The van der Waals surface area contributed by atoms with E-state index in [1.807, 2.05) is 36.4 Å². The summed E-state index contributed by atoms with van der Waals surface area (Å²) in [5, 5.41) is 7.19. The van der Waals surface area contributed by atoms with Gasteiger partial charge in [0.25, 0.3) is 5.91 Å². The first-order valence-corrected chi connectivity index (χ1v) is 5.89. The van der Waals surface area contributed by atoms with Crippen LogP contribution in [0.25, 0.3) is 0 Å². The number of amides is 1. The molecule has 0 saturated heterocycles. The van der Waals surface area contributed by atoms with Crippen LogP contribution in [0.3, 0.4) is 0 Å². The Balaban J connectivity index is 2.10. The van der Waals surface area contributed by atoms with Crippen molar-refractivity contribution in [1.82, 2.24) is 10.6 Å². The molecule has 1 aromatic carbocycles. The summed E-state index contributed by atoms with van der Waals surface area (Å²) in [6, 6.07) is 7.64. The van der Waals surface area contributed by atoms with Crippen molar-refractivity contribution in [1.29, 1.82) is 0 Å². The van der Waals surface area contributed by atoms with Gasteiger partial charge in [-0.2, -0.15) is 0 Å². The van der Waals surface area contributed by atoms with Gasteiger partial charge in [-0.1, -0.05) is 30.0 Å². The average molecular weight is 230 g/mol. The highest BCUT2D eigenvalue weighted by Crippen LogP contribution is 2.33. The molecule has 2 aliphatic heterocycles. The highest BCUT2D eigenvalue weighted by molar-refractivity contribution is 8.03. The molecule has 3 nitrogen and oxygen atoms in total. The lowest BCUT2D eigenvalue weighted by Gasteiger charge is -2.14. The molecule has 2 heterocycles. The van der Waals surface area contributed by atoms with Gasteiger partial charge in [0.2, 0.25) is 0 Å². The Bertz CT molecular complexity index is 520. The van der Waals surface area contributed by atoms with Crippen molar-refractivity contribution >= 4 is 17.7 Å². The number of carbonyl (C=O) groups excluding carboxylic acids is 1. The van der Waals surface area contributed by atoms with Gasteiger partial charge >= 0.3 is 0 Å². The van der Waals surface area contributed by atoms with E-state index in [2.05, 4.69) is 10.6 Å². The molecule has 0 aliphatic carbocycles. The molecule has 0 bridgehead atoms. The van der Waals surface area contributed by atoms with E-state index in [4.69, 9.17) is 0 Å². The minimum atomic E-state index is -0.0403. The molecule has 4 heteroatoms. The Morgan fingerprint density at radius 2 is 2.12 bits per heavy atom. The normalized spacial score (nSPS) is 18.1. The van der Waals surface area contributed by atoms with Gasteiger partial charge in [0.1, 0.15) is 0 Å². The van der Waals surface area contributed by atoms with Crippen molar-refractivity contribution in [2.24, 2.45) is 0 Å². The predicted molar refractivity (Wildman–Crippen MR) is 63.9 cm³/mol. The topological polar surface area (TPSA) is 41.1 Å². The van der Waals surface area contributed by atoms with E-state index in [-0.39, 0.29) is 5.91 Å². The molecule has 0 atom stereocenters. The first-order valence-electron chi connectivity index (χ1n) is 5.07. The molecule has 0 spiro atoms. The van der Waals surface area contributed by atoms with Crippen molar-refractivity contribution in [3.8, 4) is 0 Å². The van der Waals surface area contributed by atoms with Crippen LogP contribution in [-0.4, -0.2) is 12.5 Å². The lowest BCUT2D eigenvalue weighted by Crippen LogP contribution is -2.26. The molecule has 2 N–H and O–H groups in total. The molecule has 0 aromatic heterocycles. The van der Waals surface area contributed by atoms with Gasteiger partial charge in [-0.05, 0) is 18.2 Å². The maximum Gasteiger partial charge on any atom is 0.256 e. The number of rotatable bonds is 0. The van der Waals surface area contributed by atoms with Crippen LogP contribution in [0.2, 0.25) is 0 Å². The SMILES string of the molecule is O=C1NC2=C(NCC=C2)Sc2ccccc21. The second kappa shape index (κ2) is 3.72. The summed E-state index contributed by atoms with van der Waals surface area (Å²) in [7, 11) is 0. The van der Waals surface area contributed by atoms with Crippen LogP contribution in [0.15, 0.2) is 52.0 Å². The van der Waals surface area contributed by atoms with Gasteiger partial charge < -0.3 is 10.6 Å². The van der Waals surface area contributed by atoms with Crippen LogP contribution in [0.4, 0.5) is 0 Å². The largest absolute Gasteiger partial charge is 0.374 e. The fourth-order valence-electron chi connectivity index (χ4n) is 1.73. The average Bonchev–Trinajstić information content (AvgIpc) is 2.45. The van der Waals surface area contributed by atoms with Crippen molar-refractivity contribution in [3.63, 3.8) is 0 Å². The zero-order valence-electron chi connectivity index (χ0n) is 8.49. The number of nitrogens with one attached hydrogen (secondary N) is 2. The number of carbonyl (C=O) groups is 1. The minimum absolute atomic E-state index is 0.0403. The Hall–Kier alpha value is -1.68. The molecule has 1 aromatic rings. The summed E-state index contributed by atoms with van der Waals surface area (Å²) in [4.78, 5) is 12.9. The number of dihydropyridines is 1. The molecular weight excluding hydrogens is 220 g/mol. The smallest absolute Gasteiger partial charge is 0.256 e. The second-order valence-corrected chi connectivity index (χ2v) is 4.63. The van der Waals surface area contributed by atoms with Crippen molar-refractivity contribution in [2.45, 2.75) is 4.90 Å². The standard InChI is InChI=1S/C12H10N2OS/c15-11-8-4-1-2-6-10(8)16-12-9(14-11)5-3-7-13-12/h1-6,13H,7H2,(H,14,15). The minimum Gasteiger partial charge on any atom is -0.374 e. The third-order valence-electron chi connectivity index (χ3n) is 2.50. The fraction of sp³-hybridized carbons (Fsp3) is 0.0833. The molecule has 0 saturated carbocycles. The summed E-state index contributed by atoms with van der Waals surface area (Å²) in [6.45, 7) is 0.809. The molecule has 0 fully saturated rings. The first kappa shape index (κ1) is 9.54. The van der Waals surface area contributed by atoms with Gasteiger partial charge in [-0.15, -0.1) is 0 Å². The second-order valence-electron chi connectivity index (χ2n) is 3.58. The number of thioether (sulfide) groups is 1. The zero-order chi connectivity index (χ0) is 11.0. The molecular formula is C12H10N2OS. The Morgan fingerprint density at radius 1 is 1.25 bits per heavy atom. The summed E-state index contributed by atoms with van der Waals surface area (Å²) >= 11 is 1.60. The zero-order valence-corrected chi connectivity index (χ0v) is 9.30. The van der Waals surface area contributed by atoms with Gasteiger partial charge in [-0.25, -0.2) is 0 Å². The van der Waals surface area contributed by atoms with Crippen LogP contribution in [0.5, 0.6) is 0 Å². The third-order valence-corrected chi connectivity index (χ3v) is 3.65. The van der Waals surface area contributed by atoms with E-state index in [1.165, 1.54) is 0 Å². The summed E-state index contributed by atoms with van der Waals surface area (Å²) < 4.78 is 0. The van der Waals surface area contributed by atoms with Crippen molar-refractivity contribution in [3.05, 3.63) is 52.7 Å². The maximum absolute atomic E-state index is 11.9. The molecule has 16 heavy (non-hydrogen) atoms. The van der Waals surface area contributed by atoms with Crippen LogP contribution in [0.1, 0.15) is 10.4 Å². The van der Waals surface area contributed by atoms with Crippen LogP contribution in [0, 0.1) is 0 Å². The molecule has 1 amide bonds. The van der Waals surface area contributed by atoms with Crippen molar-refractivity contribution in [2.75, 3.05) is 6.54 Å². The lowest BCUT2D eigenvalue weighted by atomic mass is 10.2. The first-order chi connectivity index (χ1) is 7.84. The van der Waals surface area contributed by atoms with Gasteiger partial charge in [0.05, 0.1) is 16.3 Å². The van der Waals surface area contributed by atoms with E-state index in [0.29, 0.717) is 0 Å². The Labute approximate surface area is 97.6 Å². The summed E-state index contributed by atoms with van der Waals surface area (Å²) in [5.41, 5.74) is 1.59. The number of hydrogen-bond acceptors (Lipinski definition) is 3. The Kier molecular flexibility index (Phi) is 2.22. The summed E-state index contributed by atoms with van der Waals surface area (Å²) in [5.74, 6) is -0.0403. The predicted octanol–water partition coefficient (Wildman–Crippen LogP) is 1.85. The molecule has 80 valence electrons. The van der Waals surface area contributed by atoms with E-state index in [9.17, 15) is 4.79 Å². The number of hydrogen-bond donors (Lipinski definition) is 2. The molecule has 3 rings (SSSR count). The highest BCUT2D eigenvalue weighted by atomic mass is 32.2. The van der Waals surface area contributed by atoms with Gasteiger partial charge in [0, 0.05) is 11.4 Å². The van der Waals surface area contributed by atoms with E-state index >= 15 is 0 Å². The van der Waals surface area contributed by atoms with Crippen LogP contribution in [-0.2, 0) is 0 Å². The maximum atomic E-state index is 11.9. The molecule has 0 radical (unpaired) electrons. The van der Waals surface area contributed by atoms with Gasteiger partial charge in [0.15, 0.2) is 0 Å². The van der Waals surface area contributed by atoms with E-state index < -0.39 is 0 Å². The fourth-order valence-corrected chi connectivity index (χ4v) is 2.75. The molecule has 0 unspecified atom stereocenters. The van der Waals surface area contributed by atoms with Crippen LogP contribution >= 0.6 is 11.8 Å². The lowest BCUT2D eigenvalue weighted by molar-refractivity contribution is 0.0964. The Morgan fingerprint density at radius 3 is 3.06 bits per heavy atom. The summed E-state index contributed by atoms with van der Waals surface area (Å²) in [6.07, 6.45) is 3.94. The van der Waals surface area contributed by atoms with Gasteiger partial charge in [-0.3, -0.25) is 4.79 Å². The third kappa shape index (κ3) is 1.51. The van der Waals surface area contributed by atoms with E-state index in [0.717, 1.165) is 27.7 Å². The number of benzene rings is 1.